The molecule has 13 heavy (non-hydrogen) atoms. The summed E-state index contributed by atoms with van der Waals surface area (Å²) in [5.74, 6) is -0.507. The molecule has 0 aliphatic rings. The second-order valence-electron chi connectivity index (χ2n) is 2.26. The fraction of sp³-hybridized carbons (Fsp3) is 0.286. The van der Waals surface area contributed by atoms with Gasteiger partial charge in [-0.25, -0.2) is 13.8 Å². The van der Waals surface area contributed by atoms with Gasteiger partial charge < -0.3 is 5.11 Å². The van der Waals surface area contributed by atoms with Gasteiger partial charge in [0.05, 0.1) is 16.6 Å². The number of alkyl halides is 3. The van der Waals surface area contributed by atoms with E-state index in [0.29, 0.717) is 0 Å². The first-order valence-electron chi connectivity index (χ1n) is 3.28. The number of aromatic hydroxyl groups is 1. The van der Waals surface area contributed by atoms with Crippen LogP contribution >= 0.6 is 23.2 Å². The monoisotopic (exact) mass is 227 g/mol. The SMILES string of the molecule is Oc1c(Cl)cc(C(F)F)nc1CCl. The third-order valence-corrected chi connectivity index (χ3v) is 1.93. The molecule has 0 aromatic carbocycles. The summed E-state index contributed by atoms with van der Waals surface area (Å²) in [6.45, 7) is 0. The molecule has 72 valence electrons. The quantitative estimate of drug-likeness (QED) is 0.788. The smallest absolute Gasteiger partial charge is 0.280 e. The van der Waals surface area contributed by atoms with Gasteiger partial charge in [-0.3, -0.25) is 0 Å². The van der Waals surface area contributed by atoms with E-state index in [1.807, 2.05) is 0 Å². The van der Waals surface area contributed by atoms with Crippen LogP contribution in [0.5, 0.6) is 5.75 Å². The molecule has 1 heterocycles. The van der Waals surface area contributed by atoms with Crippen molar-refractivity contribution < 1.29 is 13.9 Å². The lowest BCUT2D eigenvalue weighted by Crippen LogP contribution is -1.95. The predicted octanol–water partition coefficient (Wildman–Crippen LogP) is 3.12. The van der Waals surface area contributed by atoms with Gasteiger partial charge in [0.1, 0.15) is 5.69 Å². The maximum Gasteiger partial charge on any atom is 0.280 e. The van der Waals surface area contributed by atoms with Crippen LogP contribution in [0, 0.1) is 0 Å². The van der Waals surface area contributed by atoms with Gasteiger partial charge in [-0.05, 0) is 6.07 Å². The summed E-state index contributed by atoms with van der Waals surface area (Å²) in [6, 6.07) is 0.914. The van der Waals surface area contributed by atoms with Gasteiger partial charge in [0.25, 0.3) is 6.43 Å². The maximum atomic E-state index is 12.1. The summed E-state index contributed by atoms with van der Waals surface area (Å²) < 4.78 is 24.3. The Kier molecular flexibility index (Phi) is 3.27. The first-order chi connectivity index (χ1) is 6.06. The molecule has 0 unspecified atom stereocenters. The van der Waals surface area contributed by atoms with Crippen LogP contribution in [-0.4, -0.2) is 10.1 Å². The van der Waals surface area contributed by atoms with Crippen molar-refractivity contribution >= 4 is 23.2 Å². The minimum absolute atomic E-state index is 0.0375. The number of rotatable bonds is 2. The summed E-state index contributed by atoms with van der Waals surface area (Å²) in [7, 11) is 0. The topological polar surface area (TPSA) is 33.1 Å². The highest BCUT2D eigenvalue weighted by atomic mass is 35.5. The molecule has 0 amide bonds. The van der Waals surface area contributed by atoms with Crippen molar-refractivity contribution in [3.8, 4) is 5.75 Å². The molecule has 0 aliphatic heterocycles. The van der Waals surface area contributed by atoms with Gasteiger partial charge in [-0.15, -0.1) is 11.6 Å². The Bertz CT molecular complexity index is 320. The van der Waals surface area contributed by atoms with E-state index in [1.54, 1.807) is 0 Å². The van der Waals surface area contributed by atoms with Crippen LogP contribution in [0.25, 0.3) is 0 Å². The van der Waals surface area contributed by atoms with E-state index < -0.39 is 12.1 Å². The van der Waals surface area contributed by atoms with Crippen LogP contribution in [0.15, 0.2) is 6.07 Å². The van der Waals surface area contributed by atoms with Crippen molar-refractivity contribution in [3.63, 3.8) is 0 Å². The Balaban J connectivity index is 3.22. The first-order valence-corrected chi connectivity index (χ1v) is 4.20. The zero-order chi connectivity index (χ0) is 10.0. The van der Waals surface area contributed by atoms with E-state index >= 15 is 0 Å². The zero-order valence-electron chi connectivity index (χ0n) is 6.27. The van der Waals surface area contributed by atoms with Crippen LogP contribution in [0.1, 0.15) is 17.8 Å². The lowest BCUT2D eigenvalue weighted by Gasteiger charge is -2.05. The van der Waals surface area contributed by atoms with E-state index in [0.717, 1.165) is 6.07 Å². The maximum absolute atomic E-state index is 12.1. The van der Waals surface area contributed by atoms with Gasteiger partial charge in [0.15, 0.2) is 5.75 Å². The number of nitrogens with zero attached hydrogens (tertiary/aromatic N) is 1. The minimum Gasteiger partial charge on any atom is -0.504 e. The fourth-order valence-electron chi connectivity index (χ4n) is 0.782. The first kappa shape index (κ1) is 10.5. The minimum atomic E-state index is -2.72. The molecule has 0 radical (unpaired) electrons. The molecule has 0 spiro atoms. The number of halogens is 4. The molecule has 0 saturated carbocycles. The third kappa shape index (κ3) is 2.19. The molecule has 1 aromatic heterocycles. The van der Waals surface area contributed by atoms with E-state index in [-0.39, 0.29) is 22.3 Å². The summed E-state index contributed by atoms with van der Waals surface area (Å²) in [5.41, 5.74) is -0.525. The molecule has 1 N–H and O–H groups in total. The van der Waals surface area contributed by atoms with Crippen LogP contribution in [0.3, 0.4) is 0 Å². The van der Waals surface area contributed by atoms with Crippen molar-refractivity contribution in [1.82, 2.24) is 4.98 Å². The third-order valence-electron chi connectivity index (χ3n) is 1.39. The van der Waals surface area contributed by atoms with Gasteiger partial charge in [0, 0.05) is 0 Å². The Morgan fingerprint density at radius 3 is 2.62 bits per heavy atom. The van der Waals surface area contributed by atoms with E-state index in [9.17, 15) is 13.9 Å². The second kappa shape index (κ2) is 4.07. The molecule has 6 heteroatoms. The lowest BCUT2D eigenvalue weighted by atomic mass is 10.3. The molecule has 0 aliphatic carbocycles. The van der Waals surface area contributed by atoms with Gasteiger partial charge in [-0.1, -0.05) is 11.6 Å². The molecular formula is C7H5Cl2F2NO. The summed E-state index contributed by atoms with van der Waals surface area (Å²) in [5, 5.41) is 9.01. The van der Waals surface area contributed by atoms with Gasteiger partial charge in [0.2, 0.25) is 0 Å². The molecule has 2 nitrogen and oxygen atoms in total. The average molecular weight is 228 g/mol. The van der Waals surface area contributed by atoms with Crippen molar-refractivity contribution in [1.29, 1.82) is 0 Å². The highest BCUT2D eigenvalue weighted by molar-refractivity contribution is 6.32. The van der Waals surface area contributed by atoms with E-state index in [1.165, 1.54) is 0 Å². The summed E-state index contributed by atoms with van der Waals surface area (Å²) in [4.78, 5) is 3.43. The van der Waals surface area contributed by atoms with Gasteiger partial charge >= 0.3 is 0 Å². The molecule has 1 rings (SSSR count). The zero-order valence-corrected chi connectivity index (χ0v) is 7.78. The lowest BCUT2D eigenvalue weighted by molar-refractivity contribution is 0.145. The van der Waals surface area contributed by atoms with Crippen molar-refractivity contribution in [2.24, 2.45) is 0 Å². The van der Waals surface area contributed by atoms with Crippen LogP contribution in [-0.2, 0) is 5.88 Å². The Hall–Kier alpha value is -0.610. The van der Waals surface area contributed by atoms with E-state index in [4.69, 9.17) is 23.2 Å². The summed E-state index contributed by atoms with van der Waals surface area (Å²) in [6.07, 6.45) is -2.72. The molecule has 1 aromatic rings. The molecule has 0 atom stereocenters. The number of aromatic nitrogens is 1. The Labute approximate surface area is 83.1 Å². The number of hydrogen-bond acceptors (Lipinski definition) is 2. The van der Waals surface area contributed by atoms with Crippen LogP contribution in [0.4, 0.5) is 8.78 Å². The van der Waals surface area contributed by atoms with E-state index in [2.05, 4.69) is 4.98 Å². The molecule has 0 bridgehead atoms. The molecule has 0 fully saturated rings. The van der Waals surface area contributed by atoms with Crippen molar-refractivity contribution in [3.05, 3.63) is 22.5 Å². The fourth-order valence-corrected chi connectivity index (χ4v) is 1.19. The largest absolute Gasteiger partial charge is 0.504 e. The number of hydrogen-bond donors (Lipinski definition) is 1. The highest BCUT2D eigenvalue weighted by Crippen LogP contribution is 2.30. The Morgan fingerprint density at radius 1 is 1.54 bits per heavy atom. The molecule has 0 saturated heterocycles. The van der Waals surface area contributed by atoms with Crippen molar-refractivity contribution in [2.45, 2.75) is 12.3 Å². The Morgan fingerprint density at radius 2 is 2.15 bits per heavy atom. The van der Waals surface area contributed by atoms with Crippen molar-refractivity contribution in [2.75, 3.05) is 0 Å². The van der Waals surface area contributed by atoms with Crippen LogP contribution in [0.2, 0.25) is 5.02 Å². The van der Waals surface area contributed by atoms with Gasteiger partial charge in [-0.2, -0.15) is 0 Å². The molecular weight excluding hydrogens is 223 g/mol. The standard InChI is InChI=1S/C7H5Cl2F2NO/c8-2-5-6(13)3(9)1-4(12-5)7(10)11/h1,7,13H,2H2. The average Bonchev–Trinajstić information content (AvgIpc) is 2.09. The predicted molar refractivity (Wildman–Crippen MR) is 45.4 cm³/mol. The normalized spacial score (nSPS) is 10.8. The van der Waals surface area contributed by atoms with Crippen LogP contribution < -0.4 is 0 Å². The second-order valence-corrected chi connectivity index (χ2v) is 2.93. The summed E-state index contributed by atoms with van der Waals surface area (Å²) >= 11 is 10.8. The number of pyridine rings is 1. The highest BCUT2D eigenvalue weighted by Gasteiger charge is 2.15.